The standard InChI is InChI=1S/C20H19F3N4O4/c1-26-7-6-24-19(26)18(12-8-14(30-2)11-15(9-12)31-3)25-16-5-4-13(20(21,22)23)10-17(16)27(28)29/h4-11,18,25H,1-3H3/t18-/m1/s1. The zero-order valence-corrected chi connectivity index (χ0v) is 16.8. The topological polar surface area (TPSA) is 91.4 Å². The monoisotopic (exact) mass is 436 g/mol. The predicted molar refractivity (Wildman–Crippen MR) is 106 cm³/mol. The lowest BCUT2D eigenvalue weighted by atomic mass is 10.0. The first-order valence-electron chi connectivity index (χ1n) is 8.96. The van der Waals surface area contributed by atoms with Crippen LogP contribution >= 0.6 is 0 Å². The van der Waals surface area contributed by atoms with Gasteiger partial charge >= 0.3 is 6.18 Å². The highest BCUT2D eigenvalue weighted by molar-refractivity contribution is 5.64. The molecule has 0 spiro atoms. The Hall–Kier alpha value is -3.76. The van der Waals surface area contributed by atoms with E-state index in [0.717, 1.165) is 12.1 Å². The average Bonchev–Trinajstić information content (AvgIpc) is 3.16. The fourth-order valence-electron chi connectivity index (χ4n) is 3.08. The molecule has 0 bridgehead atoms. The van der Waals surface area contributed by atoms with Gasteiger partial charge in [-0.05, 0) is 29.8 Å². The summed E-state index contributed by atoms with van der Waals surface area (Å²) in [5.41, 5.74) is -1.32. The quantitative estimate of drug-likeness (QED) is 0.431. The Kier molecular flexibility index (Phi) is 6.04. The van der Waals surface area contributed by atoms with E-state index < -0.39 is 28.4 Å². The smallest absolute Gasteiger partial charge is 0.416 e. The van der Waals surface area contributed by atoms with Gasteiger partial charge in [-0.15, -0.1) is 0 Å². The Bertz CT molecular complexity index is 1080. The molecule has 0 radical (unpaired) electrons. The second-order valence-electron chi connectivity index (χ2n) is 6.61. The van der Waals surface area contributed by atoms with Crippen LogP contribution in [-0.2, 0) is 13.2 Å². The Balaban J connectivity index is 2.14. The molecule has 0 saturated carbocycles. The van der Waals surface area contributed by atoms with E-state index in [1.165, 1.54) is 14.2 Å². The molecule has 0 unspecified atom stereocenters. The number of nitrogens with one attached hydrogen (secondary N) is 1. The SMILES string of the molecule is COc1cc(OC)cc([C@@H](Nc2ccc(C(F)(F)F)cc2[N+](=O)[O-])c2nccn2C)c1. The van der Waals surface area contributed by atoms with Gasteiger partial charge in [0.1, 0.15) is 29.1 Å². The number of methoxy groups -OCH3 is 2. The van der Waals surface area contributed by atoms with Crippen molar-refractivity contribution in [2.75, 3.05) is 19.5 Å². The number of nitrogens with zero attached hydrogens (tertiary/aromatic N) is 3. The van der Waals surface area contributed by atoms with Crippen molar-refractivity contribution in [2.45, 2.75) is 12.2 Å². The largest absolute Gasteiger partial charge is 0.497 e. The zero-order chi connectivity index (χ0) is 22.8. The highest BCUT2D eigenvalue weighted by Crippen LogP contribution is 2.38. The van der Waals surface area contributed by atoms with Crippen LogP contribution in [0.2, 0.25) is 0 Å². The van der Waals surface area contributed by atoms with Gasteiger partial charge in [-0.25, -0.2) is 4.98 Å². The second kappa shape index (κ2) is 8.54. The highest BCUT2D eigenvalue weighted by Gasteiger charge is 2.33. The van der Waals surface area contributed by atoms with Gasteiger partial charge in [0, 0.05) is 31.6 Å². The minimum absolute atomic E-state index is 0.0900. The van der Waals surface area contributed by atoms with E-state index in [1.807, 2.05) is 0 Å². The summed E-state index contributed by atoms with van der Waals surface area (Å²) >= 11 is 0. The van der Waals surface area contributed by atoms with E-state index in [2.05, 4.69) is 10.3 Å². The summed E-state index contributed by atoms with van der Waals surface area (Å²) in [4.78, 5) is 14.9. The first kappa shape index (κ1) is 21.9. The van der Waals surface area contributed by atoms with Crippen molar-refractivity contribution in [3.63, 3.8) is 0 Å². The van der Waals surface area contributed by atoms with Crippen LogP contribution < -0.4 is 14.8 Å². The molecular formula is C20H19F3N4O4. The minimum Gasteiger partial charge on any atom is -0.497 e. The van der Waals surface area contributed by atoms with Crippen molar-refractivity contribution in [3.8, 4) is 11.5 Å². The van der Waals surface area contributed by atoms with Gasteiger partial charge in [0.05, 0.1) is 24.7 Å². The van der Waals surface area contributed by atoms with Crippen molar-refractivity contribution in [1.29, 1.82) is 0 Å². The van der Waals surface area contributed by atoms with Crippen LogP contribution in [0.25, 0.3) is 0 Å². The normalized spacial score (nSPS) is 12.3. The highest BCUT2D eigenvalue weighted by atomic mass is 19.4. The number of nitro groups is 1. The van der Waals surface area contributed by atoms with Crippen LogP contribution in [0.15, 0.2) is 48.8 Å². The Labute approximate surface area is 175 Å². The van der Waals surface area contributed by atoms with E-state index in [-0.39, 0.29) is 5.69 Å². The molecule has 11 heteroatoms. The Morgan fingerprint density at radius 3 is 2.26 bits per heavy atom. The molecule has 8 nitrogen and oxygen atoms in total. The molecule has 3 aromatic rings. The molecule has 0 amide bonds. The van der Waals surface area contributed by atoms with Gasteiger partial charge in [-0.1, -0.05) is 0 Å². The van der Waals surface area contributed by atoms with Crippen LogP contribution in [0, 0.1) is 10.1 Å². The van der Waals surface area contributed by atoms with Crippen molar-refractivity contribution in [2.24, 2.45) is 7.05 Å². The molecule has 1 heterocycles. The molecule has 1 aromatic heterocycles. The summed E-state index contributed by atoms with van der Waals surface area (Å²) in [7, 11) is 4.68. The van der Waals surface area contributed by atoms with Gasteiger partial charge in [-0.3, -0.25) is 10.1 Å². The maximum Gasteiger partial charge on any atom is 0.416 e. The third kappa shape index (κ3) is 4.71. The van der Waals surface area contributed by atoms with Crippen molar-refractivity contribution in [1.82, 2.24) is 9.55 Å². The number of benzene rings is 2. The number of alkyl halides is 3. The van der Waals surface area contributed by atoms with Crippen molar-refractivity contribution >= 4 is 11.4 Å². The second-order valence-corrected chi connectivity index (χ2v) is 6.61. The molecule has 0 fully saturated rings. The van der Waals surface area contributed by atoms with E-state index in [1.54, 1.807) is 42.2 Å². The van der Waals surface area contributed by atoms with Crippen molar-refractivity contribution in [3.05, 3.63) is 75.9 Å². The van der Waals surface area contributed by atoms with Crippen molar-refractivity contribution < 1.29 is 27.6 Å². The molecule has 3 rings (SSSR count). The van der Waals surface area contributed by atoms with E-state index in [4.69, 9.17) is 9.47 Å². The molecule has 1 atom stereocenters. The van der Waals surface area contributed by atoms with Gasteiger partial charge in [0.25, 0.3) is 5.69 Å². The number of aryl methyl sites for hydroxylation is 1. The number of anilines is 1. The molecule has 1 N–H and O–H groups in total. The van der Waals surface area contributed by atoms with E-state index >= 15 is 0 Å². The zero-order valence-electron chi connectivity index (χ0n) is 16.8. The maximum absolute atomic E-state index is 13.0. The molecule has 0 aliphatic carbocycles. The predicted octanol–water partition coefficient (Wildman–Crippen LogP) is 4.57. The van der Waals surface area contributed by atoms with Gasteiger partial charge in [-0.2, -0.15) is 13.2 Å². The number of ether oxygens (including phenoxy) is 2. The molecule has 31 heavy (non-hydrogen) atoms. The Morgan fingerprint density at radius 2 is 1.77 bits per heavy atom. The minimum atomic E-state index is -4.71. The number of aromatic nitrogens is 2. The lowest BCUT2D eigenvalue weighted by molar-refractivity contribution is -0.384. The maximum atomic E-state index is 13.0. The number of hydrogen-bond donors (Lipinski definition) is 1. The number of hydrogen-bond acceptors (Lipinski definition) is 6. The summed E-state index contributed by atoms with van der Waals surface area (Å²) in [6.07, 6.45) is -1.48. The lowest BCUT2D eigenvalue weighted by Crippen LogP contribution is -2.18. The van der Waals surface area contributed by atoms with Gasteiger partial charge in [0.2, 0.25) is 0 Å². The molecule has 0 aliphatic heterocycles. The summed E-state index contributed by atoms with van der Waals surface area (Å²) < 4.78 is 51.4. The number of rotatable bonds is 7. The van der Waals surface area contributed by atoms with Crippen LogP contribution in [0.4, 0.5) is 24.5 Å². The lowest BCUT2D eigenvalue weighted by Gasteiger charge is -2.22. The van der Waals surface area contributed by atoms with E-state index in [0.29, 0.717) is 29.0 Å². The molecule has 164 valence electrons. The van der Waals surface area contributed by atoms with Gasteiger partial charge in [0.15, 0.2) is 0 Å². The summed E-state index contributed by atoms with van der Waals surface area (Å²) in [6.45, 7) is 0. The molecule has 2 aromatic carbocycles. The first-order valence-corrected chi connectivity index (χ1v) is 8.96. The Morgan fingerprint density at radius 1 is 1.13 bits per heavy atom. The third-order valence-electron chi connectivity index (χ3n) is 4.65. The summed E-state index contributed by atoms with van der Waals surface area (Å²) in [5, 5.41) is 14.5. The number of nitro benzene ring substituents is 1. The first-order chi connectivity index (χ1) is 14.6. The molecular weight excluding hydrogens is 417 g/mol. The van der Waals surface area contributed by atoms with Crippen LogP contribution in [0.3, 0.4) is 0 Å². The fraction of sp³-hybridized carbons (Fsp3) is 0.250. The number of imidazole rings is 1. The van der Waals surface area contributed by atoms with Gasteiger partial charge < -0.3 is 19.4 Å². The van der Waals surface area contributed by atoms with Crippen LogP contribution in [-0.4, -0.2) is 28.7 Å². The average molecular weight is 436 g/mol. The fourth-order valence-corrected chi connectivity index (χ4v) is 3.08. The van der Waals surface area contributed by atoms with Crippen LogP contribution in [0.1, 0.15) is 23.0 Å². The molecule has 0 aliphatic rings. The third-order valence-corrected chi connectivity index (χ3v) is 4.65. The molecule has 0 saturated heterocycles. The van der Waals surface area contributed by atoms with Crippen LogP contribution in [0.5, 0.6) is 11.5 Å². The summed E-state index contributed by atoms with van der Waals surface area (Å²) in [6, 6.07) is 6.60. The number of halogens is 3. The van der Waals surface area contributed by atoms with E-state index in [9.17, 15) is 23.3 Å². The summed E-state index contributed by atoms with van der Waals surface area (Å²) in [5.74, 6) is 1.42.